The monoisotopic (exact) mass is 204 g/mol. The van der Waals surface area contributed by atoms with Crippen molar-refractivity contribution in [1.29, 1.82) is 0 Å². The van der Waals surface area contributed by atoms with Crippen LogP contribution in [-0.2, 0) is 4.79 Å². The number of nitrogens with zero attached hydrogens (tertiary/aromatic N) is 1. The van der Waals surface area contributed by atoms with Crippen LogP contribution in [0.3, 0.4) is 0 Å². The third kappa shape index (κ3) is 3.72. The molecule has 4 heteroatoms. The number of rotatable bonds is 4. The summed E-state index contributed by atoms with van der Waals surface area (Å²) in [7, 11) is 0. The predicted octanol–water partition coefficient (Wildman–Crippen LogP) is 1.17. The Bertz CT molecular complexity index is 411. The summed E-state index contributed by atoms with van der Waals surface area (Å²) in [6.45, 7) is 1.46. The average Bonchev–Trinajstić information content (AvgIpc) is 2.17. The van der Waals surface area contributed by atoms with Crippen LogP contribution in [0.25, 0.3) is 6.08 Å². The molecule has 0 aromatic carbocycles. The SMILES string of the molecule is CC(=O)c1cccc(C=CCC(N)=O)n1. The van der Waals surface area contributed by atoms with Gasteiger partial charge in [0, 0.05) is 13.3 Å². The van der Waals surface area contributed by atoms with Crippen LogP contribution >= 0.6 is 0 Å². The van der Waals surface area contributed by atoms with E-state index in [1.165, 1.54) is 6.92 Å². The summed E-state index contributed by atoms with van der Waals surface area (Å²) in [6.07, 6.45) is 3.46. The van der Waals surface area contributed by atoms with E-state index in [-0.39, 0.29) is 12.2 Å². The Morgan fingerprint density at radius 2 is 2.20 bits per heavy atom. The number of aromatic nitrogens is 1. The lowest BCUT2D eigenvalue weighted by molar-refractivity contribution is -0.117. The van der Waals surface area contributed by atoms with E-state index in [2.05, 4.69) is 4.98 Å². The third-order valence-corrected chi connectivity index (χ3v) is 1.74. The van der Waals surface area contributed by atoms with Crippen molar-refractivity contribution in [3.8, 4) is 0 Å². The second-order valence-electron chi connectivity index (χ2n) is 3.08. The molecule has 0 spiro atoms. The van der Waals surface area contributed by atoms with Crippen LogP contribution in [0.2, 0.25) is 0 Å². The molecule has 1 rings (SSSR count). The number of nitrogens with two attached hydrogens (primary N) is 1. The Labute approximate surface area is 87.8 Å². The van der Waals surface area contributed by atoms with Gasteiger partial charge in [0.05, 0.1) is 5.69 Å². The van der Waals surface area contributed by atoms with Crippen molar-refractivity contribution in [1.82, 2.24) is 4.98 Å². The van der Waals surface area contributed by atoms with Crippen molar-refractivity contribution in [2.45, 2.75) is 13.3 Å². The first-order chi connectivity index (χ1) is 7.09. The molecular formula is C11H12N2O2. The van der Waals surface area contributed by atoms with Gasteiger partial charge < -0.3 is 5.73 Å². The second kappa shape index (κ2) is 5.05. The number of primary amides is 1. The first-order valence-corrected chi connectivity index (χ1v) is 4.52. The van der Waals surface area contributed by atoms with E-state index in [0.29, 0.717) is 11.4 Å². The Hall–Kier alpha value is -1.97. The summed E-state index contributed by atoms with van der Waals surface area (Å²) in [6, 6.07) is 5.14. The van der Waals surface area contributed by atoms with Crippen LogP contribution in [0.15, 0.2) is 24.3 Å². The molecule has 0 aliphatic carbocycles. The molecule has 4 nitrogen and oxygen atoms in total. The summed E-state index contributed by atoms with van der Waals surface area (Å²) in [5.41, 5.74) is 6.03. The Balaban J connectivity index is 2.78. The van der Waals surface area contributed by atoms with E-state index in [1.807, 2.05) is 0 Å². The average molecular weight is 204 g/mol. The predicted molar refractivity (Wildman–Crippen MR) is 57.1 cm³/mol. The summed E-state index contributed by atoms with van der Waals surface area (Å²) in [5, 5.41) is 0. The van der Waals surface area contributed by atoms with Crippen LogP contribution in [-0.4, -0.2) is 16.7 Å². The molecule has 0 bridgehead atoms. The highest BCUT2D eigenvalue weighted by atomic mass is 16.1. The van der Waals surface area contributed by atoms with E-state index < -0.39 is 5.91 Å². The van der Waals surface area contributed by atoms with Gasteiger partial charge >= 0.3 is 0 Å². The van der Waals surface area contributed by atoms with Crippen molar-refractivity contribution < 1.29 is 9.59 Å². The van der Waals surface area contributed by atoms with Gasteiger partial charge in [-0.3, -0.25) is 9.59 Å². The molecular weight excluding hydrogens is 192 g/mol. The minimum Gasteiger partial charge on any atom is -0.369 e. The van der Waals surface area contributed by atoms with Gasteiger partial charge in [-0.1, -0.05) is 12.1 Å². The van der Waals surface area contributed by atoms with E-state index in [1.54, 1.807) is 30.4 Å². The number of amides is 1. The van der Waals surface area contributed by atoms with Crippen molar-refractivity contribution >= 4 is 17.8 Å². The van der Waals surface area contributed by atoms with Gasteiger partial charge in [0.25, 0.3) is 0 Å². The lowest BCUT2D eigenvalue weighted by atomic mass is 10.2. The van der Waals surface area contributed by atoms with Gasteiger partial charge in [-0.05, 0) is 18.2 Å². The Kier molecular flexibility index (Phi) is 3.74. The number of carbonyl (C=O) groups is 2. The summed E-state index contributed by atoms with van der Waals surface area (Å²) >= 11 is 0. The molecule has 0 radical (unpaired) electrons. The molecule has 1 aromatic rings. The zero-order valence-electron chi connectivity index (χ0n) is 8.43. The van der Waals surface area contributed by atoms with Crippen LogP contribution in [0.5, 0.6) is 0 Å². The third-order valence-electron chi connectivity index (χ3n) is 1.74. The zero-order valence-corrected chi connectivity index (χ0v) is 8.43. The Morgan fingerprint density at radius 1 is 1.47 bits per heavy atom. The number of hydrogen-bond donors (Lipinski definition) is 1. The molecule has 2 N–H and O–H groups in total. The van der Waals surface area contributed by atoms with Crippen LogP contribution < -0.4 is 5.73 Å². The molecule has 15 heavy (non-hydrogen) atoms. The number of hydrogen-bond acceptors (Lipinski definition) is 3. The summed E-state index contributed by atoms with van der Waals surface area (Å²) in [5.74, 6) is -0.478. The molecule has 0 atom stereocenters. The number of Topliss-reactive ketones (excluding diaryl/α,β-unsaturated/α-hetero) is 1. The molecule has 0 aliphatic heterocycles. The van der Waals surface area contributed by atoms with Gasteiger partial charge in [0.15, 0.2) is 5.78 Å². The second-order valence-corrected chi connectivity index (χ2v) is 3.08. The van der Waals surface area contributed by atoms with Crippen molar-refractivity contribution in [3.05, 3.63) is 35.7 Å². The van der Waals surface area contributed by atoms with Gasteiger partial charge in [0.2, 0.25) is 5.91 Å². The minimum atomic E-state index is -0.394. The number of ketones is 1. The van der Waals surface area contributed by atoms with E-state index in [0.717, 1.165) is 0 Å². The minimum absolute atomic E-state index is 0.0832. The van der Waals surface area contributed by atoms with Crippen molar-refractivity contribution in [2.75, 3.05) is 0 Å². The first kappa shape index (κ1) is 11.1. The summed E-state index contributed by atoms with van der Waals surface area (Å²) in [4.78, 5) is 25.6. The molecule has 1 aromatic heterocycles. The molecule has 0 saturated heterocycles. The smallest absolute Gasteiger partial charge is 0.221 e. The molecule has 1 amide bonds. The maximum absolute atomic E-state index is 11.0. The normalized spacial score (nSPS) is 10.5. The lowest BCUT2D eigenvalue weighted by Gasteiger charge is -1.96. The van der Waals surface area contributed by atoms with Crippen LogP contribution in [0.1, 0.15) is 29.5 Å². The zero-order chi connectivity index (χ0) is 11.3. The quantitative estimate of drug-likeness (QED) is 0.748. The number of carbonyl (C=O) groups excluding carboxylic acids is 2. The molecule has 0 fully saturated rings. The van der Waals surface area contributed by atoms with Gasteiger partial charge in [-0.25, -0.2) is 4.98 Å². The van der Waals surface area contributed by atoms with E-state index in [4.69, 9.17) is 5.73 Å². The standard InChI is InChI=1S/C11H12N2O2/c1-8(14)10-6-2-4-9(13-10)5-3-7-11(12)15/h2-6H,7H2,1H3,(H2,12,15). The topological polar surface area (TPSA) is 73.1 Å². The fourth-order valence-corrected chi connectivity index (χ4v) is 1.04. The Morgan fingerprint density at radius 3 is 2.80 bits per heavy atom. The molecule has 0 unspecified atom stereocenters. The molecule has 0 aliphatic rings. The fourth-order valence-electron chi connectivity index (χ4n) is 1.04. The largest absolute Gasteiger partial charge is 0.369 e. The fraction of sp³-hybridized carbons (Fsp3) is 0.182. The number of pyridine rings is 1. The maximum Gasteiger partial charge on any atom is 0.221 e. The van der Waals surface area contributed by atoms with Crippen LogP contribution in [0, 0.1) is 0 Å². The molecule has 1 heterocycles. The van der Waals surface area contributed by atoms with Gasteiger partial charge in [-0.2, -0.15) is 0 Å². The van der Waals surface area contributed by atoms with Gasteiger partial charge in [-0.15, -0.1) is 0 Å². The highest BCUT2D eigenvalue weighted by molar-refractivity contribution is 5.92. The van der Waals surface area contributed by atoms with Gasteiger partial charge in [0.1, 0.15) is 5.69 Å². The summed E-state index contributed by atoms with van der Waals surface area (Å²) < 4.78 is 0. The molecule has 0 saturated carbocycles. The van der Waals surface area contributed by atoms with Crippen molar-refractivity contribution in [3.63, 3.8) is 0 Å². The van der Waals surface area contributed by atoms with Crippen LogP contribution in [0.4, 0.5) is 0 Å². The maximum atomic E-state index is 11.0. The van der Waals surface area contributed by atoms with Crippen molar-refractivity contribution in [2.24, 2.45) is 5.73 Å². The highest BCUT2D eigenvalue weighted by Gasteiger charge is 1.99. The highest BCUT2D eigenvalue weighted by Crippen LogP contribution is 2.02. The molecule has 78 valence electrons. The van der Waals surface area contributed by atoms with E-state index in [9.17, 15) is 9.59 Å². The lowest BCUT2D eigenvalue weighted by Crippen LogP contribution is -2.07. The van der Waals surface area contributed by atoms with E-state index >= 15 is 0 Å². The first-order valence-electron chi connectivity index (χ1n) is 4.52.